The van der Waals surface area contributed by atoms with Crippen molar-refractivity contribution in [2.24, 2.45) is 0 Å². The molecule has 0 radical (unpaired) electrons. The van der Waals surface area contributed by atoms with E-state index < -0.39 is 0 Å². The number of ether oxygens (including phenoxy) is 1. The first-order valence-electron chi connectivity index (χ1n) is 7.53. The van der Waals surface area contributed by atoms with Gasteiger partial charge in [-0.2, -0.15) is 0 Å². The minimum atomic E-state index is 0.0962. The van der Waals surface area contributed by atoms with Crippen LogP contribution < -0.4 is 4.74 Å². The topological polar surface area (TPSA) is 39.2 Å². The van der Waals surface area contributed by atoms with E-state index in [1.54, 1.807) is 18.3 Å². The van der Waals surface area contributed by atoms with Crippen LogP contribution in [0.3, 0.4) is 0 Å². The van der Waals surface area contributed by atoms with Crippen molar-refractivity contribution in [1.82, 2.24) is 4.98 Å². The fourth-order valence-electron chi connectivity index (χ4n) is 2.48. The third kappa shape index (κ3) is 3.13. The van der Waals surface area contributed by atoms with Crippen molar-refractivity contribution in [3.05, 3.63) is 53.7 Å². The largest absolute Gasteiger partial charge is 0.439 e. The zero-order valence-corrected chi connectivity index (χ0v) is 12.2. The van der Waals surface area contributed by atoms with Crippen molar-refractivity contribution >= 4 is 5.78 Å². The average Bonchev–Trinajstić information content (AvgIpc) is 2.47. The first-order chi connectivity index (χ1) is 10.3. The second-order valence-electron chi connectivity index (χ2n) is 5.46. The Bertz CT molecular complexity index is 613. The van der Waals surface area contributed by atoms with Crippen LogP contribution in [0.25, 0.3) is 0 Å². The number of benzene rings is 1. The molecule has 2 aromatic rings. The Morgan fingerprint density at radius 2 is 1.95 bits per heavy atom. The minimum absolute atomic E-state index is 0.0962. The predicted octanol–water partition coefficient (Wildman–Crippen LogP) is 4.73. The molecule has 1 aromatic carbocycles. The zero-order chi connectivity index (χ0) is 14.7. The highest BCUT2D eigenvalue weighted by atomic mass is 16.5. The number of hydrogen-bond acceptors (Lipinski definition) is 3. The zero-order valence-electron chi connectivity index (χ0n) is 12.2. The van der Waals surface area contributed by atoms with Crippen molar-refractivity contribution in [1.29, 1.82) is 0 Å². The molecule has 0 N–H and O–H groups in total. The molecular weight excluding hydrogens is 262 g/mol. The van der Waals surface area contributed by atoms with Crippen LogP contribution in [-0.2, 0) is 0 Å². The van der Waals surface area contributed by atoms with Gasteiger partial charge in [0.1, 0.15) is 5.75 Å². The molecule has 0 unspecified atom stereocenters. The molecule has 1 saturated carbocycles. The van der Waals surface area contributed by atoms with E-state index in [9.17, 15) is 4.79 Å². The smallest absolute Gasteiger partial charge is 0.219 e. The average molecular weight is 281 g/mol. The first kappa shape index (κ1) is 13.8. The molecule has 0 atom stereocenters. The molecule has 1 aromatic heterocycles. The van der Waals surface area contributed by atoms with Gasteiger partial charge in [0.05, 0.1) is 0 Å². The maximum absolute atomic E-state index is 11.5. The number of carbonyl (C=O) groups is 1. The van der Waals surface area contributed by atoms with Crippen LogP contribution in [0.1, 0.15) is 54.4 Å². The molecule has 3 heteroatoms. The maximum Gasteiger partial charge on any atom is 0.219 e. The van der Waals surface area contributed by atoms with Gasteiger partial charge in [-0.3, -0.25) is 4.79 Å². The molecule has 0 amide bonds. The lowest BCUT2D eigenvalue weighted by molar-refractivity contribution is 0.0988. The Balaban J connectivity index is 1.66. The van der Waals surface area contributed by atoms with Crippen molar-refractivity contribution < 1.29 is 9.53 Å². The Labute approximate surface area is 125 Å². The highest BCUT2D eigenvalue weighted by Crippen LogP contribution is 2.37. The fraction of sp³-hybridized carbons (Fsp3) is 0.333. The minimum Gasteiger partial charge on any atom is -0.439 e. The summed E-state index contributed by atoms with van der Waals surface area (Å²) >= 11 is 0. The summed E-state index contributed by atoms with van der Waals surface area (Å²) < 4.78 is 5.71. The summed E-state index contributed by atoms with van der Waals surface area (Å²) in [6.07, 6.45) is 6.01. The quantitative estimate of drug-likeness (QED) is 0.743. The third-order valence-electron chi connectivity index (χ3n) is 4.06. The van der Waals surface area contributed by atoms with E-state index in [-0.39, 0.29) is 5.78 Å². The Hall–Kier alpha value is -2.16. The highest BCUT2D eigenvalue weighted by molar-refractivity contribution is 5.95. The molecule has 21 heavy (non-hydrogen) atoms. The standard InChI is InChI=1S/C18H19NO2/c1-2-17(20)15-8-11-18(19-12-15)21-16-9-6-14(7-10-16)13-4-3-5-13/h6-13H,2-5H2,1H3. The molecule has 3 rings (SSSR count). The van der Waals surface area contributed by atoms with E-state index in [1.807, 2.05) is 19.1 Å². The van der Waals surface area contributed by atoms with E-state index in [0.29, 0.717) is 17.9 Å². The van der Waals surface area contributed by atoms with Crippen LogP contribution >= 0.6 is 0 Å². The summed E-state index contributed by atoms with van der Waals surface area (Å²) in [5.74, 6) is 2.12. The monoisotopic (exact) mass is 281 g/mol. The number of pyridine rings is 1. The summed E-state index contributed by atoms with van der Waals surface area (Å²) in [6.45, 7) is 1.84. The number of carbonyl (C=O) groups excluding carboxylic acids is 1. The van der Waals surface area contributed by atoms with Gasteiger partial charge in [0.25, 0.3) is 0 Å². The van der Waals surface area contributed by atoms with Crippen molar-refractivity contribution in [2.45, 2.75) is 38.5 Å². The van der Waals surface area contributed by atoms with Gasteiger partial charge in [-0.15, -0.1) is 0 Å². The van der Waals surface area contributed by atoms with Crippen LogP contribution in [0.15, 0.2) is 42.6 Å². The summed E-state index contributed by atoms with van der Waals surface area (Å²) in [5.41, 5.74) is 2.02. The van der Waals surface area contributed by atoms with Crippen LogP contribution in [0.2, 0.25) is 0 Å². The normalized spacial score (nSPS) is 14.5. The van der Waals surface area contributed by atoms with Gasteiger partial charge in [0.2, 0.25) is 5.88 Å². The summed E-state index contributed by atoms with van der Waals surface area (Å²) in [7, 11) is 0. The number of nitrogens with zero attached hydrogens (tertiary/aromatic N) is 1. The van der Waals surface area contributed by atoms with Gasteiger partial charge in [0, 0.05) is 24.2 Å². The molecule has 1 aliphatic rings. The molecule has 1 aliphatic carbocycles. The highest BCUT2D eigenvalue weighted by Gasteiger charge is 2.19. The lowest BCUT2D eigenvalue weighted by Gasteiger charge is -2.25. The molecule has 0 bridgehead atoms. The second-order valence-corrected chi connectivity index (χ2v) is 5.46. The predicted molar refractivity (Wildman–Crippen MR) is 82.0 cm³/mol. The van der Waals surface area contributed by atoms with E-state index in [2.05, 4.69) is 17.1 Å². The molecule has 0 spiro atoms. The van der Waals surface area contributed by atoms with E-state index >= 15 is 0 Å². The number of hydrogen-bond donors (Lipinski definition) is 0. The third-order valence-corrected chi connectivity index (χ3v) is 4.06. The summed E-state index contributed by atoms with van der Waals surface area (Å²) in [4.78, 5) is 15.7. The number of aromatic nitrogens is 1. The van der Waals surface area contributed by atoms with Crippen LogP contribution in [-0.4, -0.2) is 10.8 Å². The van der Waals surface area contributed by atoms with Gasteiger partial charge in [-0.1, -0.05) is 25.5 Å². The number of Topliss-reactive ketones (excluding diaryl/α,β-unsaturated/α-hetero) is 1. The summed E-state index contributed by atoms with van der Waals surface area (Å²) in [6, 6.07) is 11.7. The Morgan fingerprint density at radius 1 is 1.19 bits per heavy atom. The van der Waals surface area contributed by atoms with Crippen molar-refractivity contribution in [3.8, 4) is 11.6 Å². The lowest BCUT2D eigenvalue weighted by Crippen LogP contribution is -2.08. The van der Waals surface area contributed by atoms with E-state index in [1.165, 1.54) is 24.8 Å². The van der Waals surface area contributed by atoms with Crippen LogP contribution in [0.5, 0.6) is 11.6 Å². The number of ketones is 1. The molecular formula is C18H19NO2. The molecule has 0 aliphatic heterocycles. The Morgan fingerprint density at radius 3 is 2.48 bits per heavy atom. The molecule has 108 valence electrons. The van der Waals surface area contributed by atoms with Crippen molar-refractivity contribution in [2.75, 3.05) is 0 Å². The van der Waals surface area contributed by atoms with E-state index in [0.717, 1.165) is 11.7 Å². The molecule has 3 nitrogen and oxygen atoms in total. The Kier molecular flexibility index (Phi) is 4.00. The van der Waals surface area contributed by atoms with Crippen molar-refractivity contribution in [3.63, 3.8) is 0 Å². The molecule has 1 fully saturated rings. The van der Waals surface area contributed by atoms with Gasteiger partial charge >= 0.3 is 0 Å². The first-order valence-corrected chi connectivity index (χ1v) is 7.53. The second kappa shape index (κ2) is 6.08. The lowest BCUT2D eigenvalue weighted by atomic mass is 9.80. The van der Waals surface area contributed by atoms with Gasteiger partial charge in [-0.05, 0) is 42.5 Å². The van der Waals surface area contributed by atoms with Gasteiger partial charge in [-0.25, -0.2) is 4.98 Å². The van der Waals surface area contributed by atoms with Gasteiger partial charge < -0.3 is 4.74 Å². The molecule has 1 heterocycles. The number of rotatable bonds is 5. The SMILES string of the molecule is CCC(=O)c1ccc(Oc2ccc(C3CCC3)cc2)nc1. The fourth-order valence-corrected chi connectivity index (χ4v) is 2.48. The summed E-state index contributed by atoms with van der Waals surface area (Å²) in [5, 5.41) is 0. The molecule has 0 saturated heterocycles. The maximum atomic E-state index is 11.5. The van der Waals surface area contributed by atoms with E-state index in [4.69, 9.17) is 4.74 Å². The van der Waals surface area contributed by atoms with Crippen LogP contribution in [0.4, 0.5) is 0 Å². The van der Waals surface area contributed by atoms with Gasteiger partial charge in [0.15, 0.2) is 5.78 Å². The van der Waals surface area contributed by atoms with Crippen LogP contribution in [0, 0.1) is 0 Å².